The van der Waals surface area contributed by atoms with Gasteiger partial charge in [-0.05, 0) is 36.1 Å². The van der Waals surface area contributed by atoms with E-state index in [9.17, 15) is 4.79 Å². The molecule has 0 fully saturated rings. The van der Waals surface area contributed by atoms with Crippen molar-refractivity contribution in [2.75, 3.05) is 18.2 Å². The Balaban J connectivity index is 2.30. The first-order valence-electron chi connectivity index (χ1n) is 5.97. The van der Waals surface area contributed by atoms with Crippen LogP contribution in [0.1, 0.15) is 20.8 Å². The molecule has 0 bridgehead atoms. The Kier molecular flexibility index (Phi) is 4.52. The minimum Gasteiger partial charge on any atom is -0.465 e. The number of carbonyl (C=O) groups is 1. The van der Waals surface area contributed by atoms with Crippen LogP contribution in [-0.4, -0.2) is 13.1 Å². The number of rotatable bonds is 4. The highest BCUT2D eigenvalue weighted by molar-refractivity contribution is 7.10. The summed E-state index contributed by atoms with van der Waals surface area (Å²) in [5.74, 6) is -0.468. The van der Waals surface area contributed by atoms with Crippen molar-refractivity contribution in [1.29, 1.82) is 0 Å². The van der Waals surface area contributed by atoms with Gasteiger partial charge >= 0.3 is 5.97 Å². The molecule has 106 valence electrons. The smallest absolute Gasteiger partial charge is 0.340 e. The minimum atomic E-state index is -0.468. The van der Waals surface area contributed by atoms with Gasteiger partial charge in [-0.2, -0.15) is 0 Å². The number of esters is 1. The van der Waals surface area contributed by atoms with Crippen LogP contribution in [0.25, 0.3) is 0 Å². The lowest BCUT2D eigenvalue weighted by Crippen LogP contribution is -2.09. The fraction of sp³-hybridized carbons (Fsp3) is 0.214. The summed E-state index contributed by atoms with van der Waals surface area (Å²) in [5, 5.41) is 5.62. The van der Waals surface area contributed by atoms with Gasteiger partial charge in [-0.25, -0.2) is 4.79 Å². The van der Waals surface area contributed by atoms with Crippen LogP contribution in [0, 0.1) is 6.92 Å². The number of benzene rings is 1. The highest BCUT2D eigenvalue weighted by atomic mass is 35.5. The number of ether oxygens (including phenoxy) is 1. The molecule has 2 aromatic rings. The molecule has 1 aromatic heterocycles. The second kappa shape index (κ2) is 6.15. The van der Waals surface area contributed by atoms with E-state index in [1.807, 2.05) is 18.4 Å². The third-order valence-electron chi connectivity index (χ3n) is 2.91. The summed E-state index contributed by atoms with van der Waals surface area (Å²) >= 11 is 7.82. The third kappa shape index (κ3) is 3.05. The van der Waals surface area contributed by atoms with Crippen LogP contribution in [-0.2, 0) is 11.3 Å². The first-order valence-corrected chi connectivity index (χ1v) is 7.23. The largest absolute Gasteiger partial charge is 0.465 e. The van der Waals surface area contributed by atoms with Gasteiger partial charge in [0.05, 0.1) is 23.4 Å². The molecule has 0 saturated heterocycles. The number of aryl methyl sites for hydroxylation is 1. The fourth-order valence-electron chi connectivity index (χ4n) is 1.83. The molecule has 0 aliphatic rings. The maximum atomic E-state index is 11.8. The molecule has 2 rings (SSSR count). The van der Waals surface area contributed by atoms with Gasteiger partial charge in [0, 0.05) is 17.1 Å². The van der Waals surface area contributed by atoms with E-state index in [-0.39, 0.29) is 0 Å². The lowest BCUT2D eigenvalue weighted by molar-refractivity contribution is 0.0602. The van der Waals surface area contributed by atoms with E-state index in [0.29, 0.717) is 28.5 Å². The molecule has 1 aromatic carbocycles. The Bertz CT molecular complexity index is 640. The molecule has 6 heteroatoms. The van der Waals surface area contributed by atoms with Gasteiger partial charge < -0.3 is 15.8 Å². The predicted octanol–water partition coefficient (Wildman–Crippen LogP) is 3.69. The summed E-state index contributed by atoms with van der Waals surface area (Å²) < 4.78 is 4.76. The van der Waals surface area contributed by atoms with E-state index in [4.69, 9.17) is 22.1 Å². The van der Waals surface area contributed by atoms with E-state index in [2.05, 4.69) is 5.32 Å². The maximum absolute atomic E-state index is 11.8. The number of thiophene rings is 1. The lowest BCUT2D eigenvalue weighted by Gasteiger charge is -2.13. The number of hydrogen-bond donors (Lipinski definition) is 2. The number of halogens is 1. The number of nitrogens with two attached hydrogens (primary N) is 1. The Morgan fingerprint density at radius 3 is 2.85 bits per heavy atom. The van der Waals surface area contributed by atoms with Gasteiger partial charge in [0.25, 0.3) is 0 Å². The Labute approximate surface area is 126 Å². The number of carbonyl (C=O) groups excluding carboxylic acids is 1. The van der Waals surface area contributed by atoms with Crippen molar-refractivity contribution in [3.63, 3.8) is 0 Å². The van der Waals surface area contributed by atoms with Crippen LogP contribution in [0.2, 0.25) is 5.02 Å². The van der Waals surface area contributed by atoms with E-state index in [1.165, 1.54) is 17.6 Å². The monoisotopic (exact) mass is 310 g/mol. The Morgan fingerprint density at radius 1 is 1.50 bits per heavy atom. The summed E-state index contributed by atoms with van der Waals surface area (Å²) in [4.78, 5) is 13.0. The highest BCUT2D eigenvalue weighted by Crippen LogP contribution is 2.31. The third-order valence-corrected chi connectivity index (χ3v) is 4.23. The van der Waals surface area contributed by atoms with Crippen molar-refractivity contribution in [3.05, 3.63) is 44.6 Å². The topological polar surface area (TPSA) is 64.3 Å². The van der Waals surface area contributed by atoms with Gasteiger partial charge in [-0.1, -0.05) is 11.6 Å². The molecular formula is C14H15ClN2O2S. The van der Waals surface area contributed by atoms with E-state index in [0.717, 1.165) is 0 Å². The number of hydrogen-bond acceptors (Lipinski definition) is 5. The van der Waals surface area contributed by atoms with Crippen molar-refractivity contribution in [1.82, 2.24) is 0 Å². The fourth-order valence-corrected chi connectivity index (χ4v) is 2.97. The first-order chi connectivity index (χ1) is 9.52. The molecule has 0 spiro atoms. The maximum Gasteiger partial charge on any atom is 0.340 e. The Morgan fingerprint density at radius 2 is 2.25 bits per heavy atom. The molecule has 0 atom stereocenters. The lowest BCUT2D eigenvalue weighted by atomic mass is 10.1. The molecular weight excluding hydrogens is 296 g/mol. The van der Waals surface area contributed by atoms with Crippen LogP contribution in [0.15, 0.2) is 23.6 Å². The average molecular weight is 311 g/mol. The molecule has 0 unspecified atom stereocenters. The SMILES string of the molecule is COC(=O)c1cc(N)cc(Cl)c1NCc1sccc1C. The number of anilines is 2. The van der Waals surface area contributed by atoms with E-state index in [1.54, 1.807) is 23.5 Å². The predicted molar refractivity (Wildman–Crippen MR) is 83.6 cm³/mol. The molecule has 0 saturated carbocycles. The average Bonchev–Trinajstić information content (AvgIpc) is 2.81. The van der Waals surface area contributed by atoms with Crippen molar-refractivity contribution in [2.24, 2.45) is 0 Å². The van der Waals surface area contributed by atoms with Crippen molar-refractivity contribution in [2.45, 2.75) is 13.5 Å². The molecule has 3 N–H and O–H groups in total. The second-order valence-corrected chi connectivity index (χ2v) is 5.71. The van der Waals surface area contributed by atoms with E-state index >= 15 is 0 Å². The molecule has 0 aliphatic carbocycles. The van der Waals surface area contributed by atoms with Gasteiger partial charge in [-0.3, -0.25) is 0 Å². The van der Waals surface area contributed by atoms with Crippen molar-refractivity contribution < 1.29 is 9.53 Å². The number of nitrogen functional groups attached to an aromatic ring is 1. The van der Waals surface area contributed by atoms with Gasteiger partial charge in [0.2, 0.25) is 0 Å². The summed E-state index contributed by atoms with van der Waals surface area (Å²) in [5.41, 5.74) is 8.23. The minimum absolute atomic E-state index is 0.340. The number of methoxy groups -OCH3 is 1. The normalized spacial score (nSPS) is 10.3. The summed E-state index contributed by atoms with van der Waals surface area (Å²) in [6.45, 7) is 2.64. The van der Waals surface area contributed by atoms with Crippen LogP contribution in [0.4, 0.5) is 11.4 Å². The first kappa shape index (κ1) is 14.7. The standard InChI is InChI=1S/C14H15ClN2O2S/c1-8-3-4-20-12(8)7-17-13-10(14(18)19-2)5-9(16)6-11(13)15/h3-6,17H,7,16H2,1-2H3. The van der Waals surface area contributed by atoms with Gasteiger partial charge in [0.1, 0.15) is 0 Å². The molecule has 4 nitrogen and oxygen atoms in total. The summed E-state index contributed by atoms with van der Waals surface area (Å²) in [6.07, 6.45) is 0. The quantitative estimate of drug-likeness (QED) is 0.667. The van der Waals surface area contributed by atoms with Gasteiger partial charge in [0.15, 0.2) is 0 Å². The van der Waals surface area contributed by atoms with Crippen LogP contribution in [0.3, 0.4) is 0 Å². The van der Waals surface area contributed by atoms with Crippen LogP contribution in [0.5, 0.6) is 0 Å². The molecule has 0 amide bonds. The number of nitrogens with one attached hydrogen (secondary N) is 1. The zero-order valence-electron chi connectivity index (χ0n) is 11.2. The zero-order valence-corrected chi connectivity index (χ0v) is 12.8. The van der Waals surface area contributed by atoms with Crippen LogP contribution < -0.4 is 11.1 Å². The second-order valence-electron chi connectivity index (χ2n) is 4.30. The van der Waals surface area contributed by atoms with Crippen LogP contribution >= 0.6 is 22.9 Å². The Hall–Kier alpha value is -1.72. The molecule has 1 heterocycles. The summed E-state index contributed by atoms with van der Waals surface area (Å²) in [6, 6.07) is 5.21. The van der Waals surface area contributed by atoms with Crippen molar-refractivity contribution in [3.8, 4) is 0 Å². The molecule has 0 aliphatic heterocycles. The van der Waals surface area contributed by atoms with Crippen molar-refractivity contribution >= 4 is 40.3 Å². The molecule has 0 radical (unpaired) electrons. The van der Waals surface area contributed by atoms with E-state index < -0.39 is 5.97 Å². The molecule has 20 heavy (non-hydrogen) atoms. The summed E-state index contributed by atoms with van der Waals surface area (Å²) in [7, 11) is 1.33. The van der Waals surface area contributed by atoms with Gasteiger partial charge in [-0.15, -0.1) is 11.3 Å². The zero-order chi connectivity index (χ0) is 14.7. The highest BCUT2D eigenvalue weighted by Gasteiger charge is 2.16.